The second-order valence-corrected chi connectivity index (χ2v) is 4.91. The van der Waals surface area contributed by atoms with E-state index in [1.807, 2.05) is 0 Å². The van der Waals surface area contributed by atoms with Crippen molar-refractivity contribution >= 4 is 35.6 Å². The summed E-state index contributed by atoms with van der Waals surface area (Å²) in [6, 6.07) is 10.5. The molecule has 0 radical (unpaired) electrons. The Morgan fingerprint density at radius 2 is 1.70 bits per heavy atom. The average Bonchev–Trinajstić information content (AvgIpc) is 2.44. The number of halogens is 3. The molecular weight excluding hydrogens is 286 g/mol. The van der Waals surface area contributed by atoms with Crippen LogP contribution in [0.2, 0.25) is 0 Å². The van der Waals surface area contributed by atoms with Crippen LogP contribution in [0.5, 0.6) is 0 Å². The number of benzene rings is 2. The van der Waals surface area contributed by atoms with Crippen molar-refractivity contribution in [1.82, 2.24) is 4.98 Å². The maximum atomic E-state index is 12.8. The van der Waals surface area contributed by atoms with Gasteiger partial charge in [0.2, 0.25) is 8.46 Å². The number of hydrogen-bond acceptors (Lipinski definition) is 2. The van der Waals surface area contributed by atoms with Gasteiger partial charge in [-0.05, 0) is 23.6 Å². The fourth-order valence-corrected chi connectivity index (χ4v) is 2.62. The third-order valence-corrected chi connectivity index (χ3v) is 3.61. The van der Waals surface area contributed by atoms with Crippen molar-refractivity contribution in [2.24, 2.45) is 0 Å². The summed E-state index contributed by atoms with van der Waals surface area (Å²) in [5.41, 5.74) is -0.0464. The standard InChI is InChI=1S/C14H7F3NOP/c15-14(16,17)8-5-6-9-10-3-1-2-4-12(10)18-13(20-19)11(9)7-8/h1-7H. The molecule has 3 rings (SSSR count). The molecule has 0 amide bonds. The Morgan fingerprint density at radius 1 is 0.950 bits per heavy atom. The van der Waals surface area contributed by atoms with E-state index >= 15 is 0 Å². The summed E-state index contributed by atoms with van der Waals surface area (Å²) in [6.45, 7) is 0. The van der Waals surface area contributed by atoms with Gasteiger partial charge in [0.15, 0.2) is 0 Å². The SMILES string of the molecule is O=Pc1nc2ccccc2c2ccc(C(F)(F)F)cc12. The highest BCUT2D eigenvalue weighted by Crippen LogP contribution is 2.33. The van der Waals surface area contributed by atoms with E-state index in [4.69, 9.17) is 0 Å². The van der Waals surface area contributed by atoms with Crippen LogP contribution in [-0.2, 0) is 10.7 Å². The fourth-order valence-electron chi connectivity index (χ4n) is 2.18. The molecule has 0 saturated carbocycles. The number of pyridine rings is 1. The second-order valence-electron chi connectivity index (χ2n) is 4.30. The van der Waals surface area contributed by atoms with Crippen molar-refractivity contribution in [3.8, 4) is 0 Å². The summed E-state index contributed by atoms with van der Waals surface area (Å²) in [5.74, 6) is 0. The molecule has 100 valence electrons. The molecule has 0 saturated heterocycles. The number of nitrogens with zero attached hydrogens (tertiary/aromatic N) is 1. The first-order valence-electron chi connectivity index (χ1n) is 5.74. The van der Waals surface area contributed by atoms with Gasteiger partial charge in [-0.1, -0.05) is 24.3 Å². The Balaban J connectivity index is 2.45. The summed E-state index contributed by atoms with van der Waals surface area (Å²) in [4.78, 5) is 4.15. The molecule has 20 heavy (non-hydrogen) atoms. The molecule has 6 heteroatoms. The van der Waals surface area contributed by atoms with Gasteiger partial charge in [0, 0.05) is 10.8 Å². The third kappa shape index (κ3) is 2.04. The van der Waals surface area contributed by atoms with Crippen LogP contribution >= 0.6 is 8.46 Å². The molecule has 0 aliphatic carbocycles. The summed E-state index contributed by atoms with van der Waals surface area (Å²) in [5, 5.41) is 1.61. The van der Waals surface area contributed by atoms with E-state index in [9.17, 15) is 17.7 Å². The minimum atomic E-state index is -4.43. The first-order valence-corrected chi connectivity index (χ1v) is 6.55. The zero-order valence-electron chi connectivity index (χ0n) is 9.98. The van der Waals surface area contributed by atoms with E-state index in [1.165, 1.54) is 6.07 Å². The Bertz CT molecular complexity index is 830. The van der Waals surface area contributed by atoms with E-state index in [0.29, 0.717) is 10.9 Å². The normalized spacial score (nSPS) is 12.3. The largest absolute Gasteiger partial charge is 0.416 e. The third-order valence-electron chi connectivity index (χ3n) is 3.09. The molecule has 0 spiro atoms. The zero-order chi connectivity index (χ0) is 14.3. The van der Waals surface area contributed by atoms with Crippen LogP contribution in [0.1, 0.15) is 5.56 Å². The topological polar surface area (TPSA) is 30.0 Å². The van der Waals surface area contributed by atoms with Crippen LogP contribution in [0, 0.1) is 0 Å². The van der Waals surface area contributed by atoms with Gasteiger partial charge in [0.05, 0.1) is 11.1 Å². The highest BCUT2D eigenvalue weighted by molar-refractivity contribution is 7.34. The number of fused-ring (bicyclic) bond motifs is 3. The minimum absolute atomic E-state index is 0.116. The highest BCUT2D eigenvalue weighted by Gasteiger charge is 2.30. The lowest BCUT2D eigenvalue weighted by atomic mass is 10.0. The Morgan fingerprint density at radius 3 is 2.40 bits per heavy atom. The lowest BCUT2D eigenvalue weighted by molar-refractivity contribution is -0.137. The molecule has 3 aromatic rings. The molecule has 0 bridgehead atoms. The van der Waals surface area contributed by atoms with Gasteiger partial charge in [-0.15, -0.1) is 0 Å². The Hall–Kier alpha value is -2.00. The van der Waals surface area contributed by atoms with Crippen LogP contribution < -0.4 is 5.44 Å². The lowest BCUT2D eigenvalue weighted by Gasteiger charge is -2.10. The molecule has 2 aromatic carbocycles. The quantitative estimate of drug-likeness (QED) is 0.494. The van der Waals surface area contributed by atoms with Gasteiger partial charge < -0.3 is 0 Å². The molecule has 1 heterocycles. The Labute approximate surface area is 113 Å². The minimum Gasteiger partial charge on any atom is -0.268 e. The number of alkyl halides is 3. The number of para-hydroxylation sites is 1. The van der Waals surface area contributed by atoms with Crippen LogP contribution in [0.25, 0.3) is 21.7 Å². The van der Waals surface area contributed by atoms with Gasteiger partial charge in [0.25, 0.3) is 0 Å². The predicted molar refractivity (Wildman–Crippen MR) is 71.5 cm³/mol. The van der Waals surface area contributed by atoms with Crippen molar-refractivity contribution in [2.75, 3.05) is 0 Å². The van der Waals surface area contributed by atoms with Gasteiger partial charge >= 0.3 is 6.18 Å². The fraction of sp³-hybridized carbons (Fsp3) is 0.0714. The van der Waals surface area contributed by atoms with Crippen molar-refractivity contribution < 1.29 is 17.7 Å². The zero-order valence-corrected chi connectivity index (χ0v) is 10.9. The summed E-state index contributed by atoms with van der Waals surface area (Å²) < 4.78 is 49.5. The highest BCUT2D eigenvalue weighted by atomic mass is 31.1. The van der Waals surface area contributed by atoms with E-state index < -0.39 is 20.2 Å². The molecule has 0 unspecified atom stereocenters. The Kier molecular flexibility index (Phi) is 2.94. The second kappa shape index (κ2) is 4.53. The van der Waals surface area contributed by atoms with E-state index in [2.05, 4.69) is 4.98 Å². The number of aromatic nitrogens is 1. The average molecular weight is 293 g/mol. The van der Waals surface area contributed by atoms with Crippen molar-refractivity contribution in [3.05, 3.63) is 48.0 Å². The first-order chi connectivity index (χ1) is 9.50. The van der Waals surface area contributed by atoms with E-state index in [1.54, 1.807) is 24.3 Å². The van der Waals surface area contributed by atoms with E-state index in [-0.39, 0.29) is 10.8 Å². The molecular formula is C14H7F3NOP. The van der Waals surface area contributed by atoms with Crippen LogP contribution in [-0.4, -0.2) is 4.98 Å². The van der Waals surface area contributed by atoms with Gasteiger partial charge in [0.1, 0.15) is 5.44 Å². The summed E-state index contributed by atoms with van der Waals surface area (Å²) in [7, 11) is -0.399. The molecule has 0 N–H and O–H groups in total. The monoisotopic (exact) mass is 293 g/mol. The summed E-state index contributed by atoms with van der Waals surface area (Å²) in [6.07, 6.45) is -4.43. The molecule has 0 aliphatic rings. The molecule has 1 aromatic heterocycles. The number of rotatable bonds is 1. The van der Waals surface area contributed by atoms with Crippen LogP contribution in [0.15, 0.2) is 42.5 Å². The van der Waals surface area contributed by atoms with Crippen molar-refractivity contribution in [1.29, 1.82) is 0 Å². The number of hydrogen-bond donors (Lipinski definition) is 0. The summed E-state index contributed by atoms with van der Waals surface area (Å²) >= 11 is 0. The lowest BCUT2D eigenvalue weighted by Crippen LogP contribution is -2.07. The van der Waals surface area contributed by atoms with Crippen LogP contribution in [0.3, 0.4) is 0 Å². The molecule has 2 nitrogen and oxygen atoms in total. The van der Waals surface area contributed by atoms with Gasteiger partial charge in [-0.2, -0.15) is 13.2 Å². The molecule has 0 aliphatic heterocycles. The first kappa shape index (κ1) is 13.0. The smallest absolute Gasteiger partial charge is 0.268 e. The predicted octanol–water partition coefficient (Wildman–Crippen LogP) is 4.32. The molecule has 0 atom stereocenters. The van der Waals surface area contributed by atoms with Crippen molar-refractivity contribution in [2.45, 2.75) is 6.18 Å². The molecule has 0 fully saturated rings. The maximum absolute atomic E-state index is 12.8. The van der Waals surface area contributed by atoms with Crippen molar-refractivity contribution in [3.63, 3.8) is 0 Å². The van der Waals surface area contributed by atoms with E-state index in [0.717, 1.165) is 17.5 Å². The van der Waals surface area contributed by atoms with Gasteiger partial charge in [-0.25, -0.2) is 4.98 Å². The van der Waals surface area contributed by atoms with Gasteiger partial charge in [-0.3, -0.25) is 4.57 Å². The maximum Gasteiger partial charge on any atom is 0.416 e. The van der Waals surface area contributed by atoms with Crippen LogP contribution in [0.4, 0.5) is 13.2 Å².